The molecule has 4 heterocycles. The third-order valence-corrected chi connectivity index (χ3v) is 32.1. The molecule has 3 aromatic heterocycles. The van der Waals surface area contributed by atoms with Crippen LogP contribution in [0.25, 0.3) is 51.2 Å². The molecule has 0 saturated heterocycles. The number of hydrogen-bond acceptors (Lipinski definition) is 3. The second-order valence-electron chi connectivity index (χ2n) is 34.0. The minimum absolute atomic E-state index is 0.118. The molecule has 6 nitrogen and oxygen atoms in total. The lowest BCUT2D eigenvalue weighted by Gasteiger charge is -2.34. The second kappa shape index (κ2) is 34.6. The highest BCUT2D eigenvalue weighted by Gasteiger charge is 2.42. The first-order valence-electron chi connectivity index (χ1n) is 42.9. The van der Waals surface area contributed by atoms with Crippen molar-refractivity contribution in [2.45, 2.75) is 150 Å². The van der Waals surface area contributed by atoms with Crippen molar-refractivity contribution in [2.24, 2.45) is 0 Å². The summed E-state index contributed by atoms with van der Waals surface area (Å²) in [5.74, 6) is 4.50. The molecule has 0 saturated carbocycles. The highest BCUT2D eigenvalue weighted by atomic mass is 28.3. The van der Waals surface area contributed by atoms with Crippen LogP contribution in [0.5, 0.6) is 0 Å². The molecule has 2 bridgehead atoms. The standard InChI is InChI=1S/C110H107N6Si2/c1-75(2)99-53-32-54-100(76(3)4)105(99)114-72-89(113-110(114)88-40-31-52-98(71-88)118(95-46-23-14-24-47-95,96-48-25-15-26-49-96)97-50-27-16-28-51-97)62-59-82-66-83(60-63-90-73-115-106-101(77(5)6)55-33-57-103(106)79(9)65-81-35-29-38-86(69-81)108(115)111-90)68-84(67-82)61-64-91-74-116(107-102(78(7)8)56-34-58-104(107)80(10)85-36-17-11-18-37-85)109(112-91)87-39-30-45-94(70-87)117(92-41-19-12-20-42-92)93-43-21-13-22-44-93/h11-58,66-80H,59-65H2,1-10H3. The summed E-state index contributed by atoms with van der Waals surface area (Å²) in [7, 11) is -4.32. The number of benzene rings is 13. The zero-order chi connectivity index (χ0) is 81.0. The minimum atomic E-state index is -2.92. The molecule has 0 fully saturated rings. The Morgan fingerprint density at radius 2 is 0.653 bits per heavy atom. The predicted octanol–water partition coefficient (Wildman–Crippen LogP) is 21.8. The predicted molar refractivity (Wildman–Crippen MR) is 499 cm³/mol. The van der Waals surface area contributed by atoms with Crippen molar-refractivity contribution < 1.29 is 0 Å². The van der Waals surface area contributed by atoms with E-state index in [4.69, 9.17) is 15.0 Å². The van der Waals surface area contributed by atoms with Gasteiger partial charge in [0.05, 0.1) is 34.1 Å². The highest BCUT2D eigenvalue weighted by molar-refractivity contribution is 7.20. The molecule has 1 aliphatic rings. The fourth-order valence-electron chi connectivity index (χ4n) is 18.7. The summed E-state index contributed by atoms with van der Waals surface area (Å²) < 4.78 is 7.41. The summed E-state index contributed by atoms with van der Waals surface area (Å²) in [5.41, 5.74) is 24.8. The third-order valence-electron chi connectivity index (χ3n) is 24.6. The van der Waals surface area contributed by atoms with Gasteiger partial charge in [0.15, 0.2) is 16.9 Å². The van der Waals surface area contributed by atoms with E-state index in [0.29, 0.717) is 11.8 Å². The van der Waals surface area contributed by atoms with Gasteiger partial charge >= 0.3 is 0 Å². The van der Waals surface area contributed by atoms with E-state index in [1.54, 1.807) is 0 Å². The van der Waals surface area contributed by atoms with Gasteiger partial charge in [0.1, 0.15) is 17.5 Å². The van der Waals surface area contributed by atoms with Gasteiger partial charge in [0, 0.05) is 41.2 Å². The lowest BCUT2D eigenvalue weighted by atomic mass is 9.87. The molecule has 585 valence electrons. The summed E-state index contributed by atoms with van der Waals surface area (Å²) in [6, 6.07) is 124. The summed E-state index contributed by atoms with van der Waals surface area (Å²) in [6.07, 6.45) is 12.8. The maximum Gasteiger partial charge on any atom is 0.179 e. The maximum atomic E-state index is 5.92. The van der Waals surface area contributed by atoms with E-state index in [1.807, 2.05) is 0 Å². The Balaban J connectivity index is 0.790. The van der Waals surface area contributed by atoms with Crippen LogP contribution < -0.4 is 36.3 Å². The average Bonchev–Trinajstić information content (AvgIpc) is 1.17. The minimum Gasteiger partial charge on any atom is -0.299 e. The number of nitrogens with zero attached hydrogens (tertiary/aromatic N) is 6. The Labute approximate surface area is 702 Å². The van der Waals surface area contributed by atoms with E-state index in [1.165, 1.54) is 115 Å². The van der Waals surface area contributed by atoms with E-state index in [0.717, 1.165) is 96.2 Å². The van der Waals surface area contributed by atoms with Gasteiger partial charge in [-0.05, 0) is 168 Å². The molecular weight excluding hydrogens is 1460 g/mol. The van der Waals surface area contributed by atoms with Crippen LogP contribution in [0.2, 0.25) is 0 Å². The van der Waals surface area contributed by atoms with Gasteiger partial charge in [0.2, 0.25) is 0 Å². The van der Waals surface area contributed by atoms with Crippen molar-refractivity contribution in [3.63, 3.8) is 0 Å². The molecule has 1 radical (unpaired) electrons. The fraction of sp³-hybridized carbons (Fsp3) is 0.209. The summed E-state index contributed by atoms with van der Waals surface area (Å²) >= 11 is 0. The van der Waals surface area contributed by atoms with Gasteiger partial charge in [-0.15, -0.1) is 0 Å². The Morgan fingerprint density at radius 3 is 1.10 bits per heavy atom. The molecule has 0 N–H and O–H groups in total. The maximum absolute atomic E-state index is 5.92. The van der Waals surface area contributed by atoms with Crippen molar-refractivity contribution in [3.05, 3.63) is 424 Å². The molecule has 2 unspecified atom stereocenters. The fourth-order valence-corrected chi connectivity index (χ4v) is 26.2. The van der Waals surface area contributed by atoms with E-state index in [9.17, 15) is 0 Å². The number of rotatable bonds is 26. The number of imidazole rings is 3. The zero-order valence-corrected chi connectivity index (χ0v) is 72.0. The second-order valence-corrected chi connectivity index (χ2v) is 40.3. The number of hydrogen-bond donors (Lipinski definition) is 0. The van der Waals surface area contributed by atoms with E-state index < -0.39 is 16.9 Å². The summed E-state index contributed by atoms with van der Waals surface area (Å²) in [5, 5.41) is 9.39. The Bertz CT molecular complexity index is 5990. The van der Waals surface area contributed by atoms with Crippen LogP contribution in [-0.2, 0) is 44.9 Å². The highest BCUT2D eigenvalue weighted by Crippen LogP contribution is 2.41. The smallest absolute Gasteiger partial charge is 0.179 e. The molecule has 2 atom stereocenters. The third kappa shape index (κ3) is 15.9. The van der Waals surface area contributed by atoms with Gasteiger partial charge in [-0.1, -0.05) is 401 Å². The van der Waals surface area contributed by atoms with Crippen LogP contribution in [0.3, 0.4) is 0 Å². The monoisotopic (exact) mass is 1570 g/mol. The lowest BCUT2D eigenvalue weighted by molar-refractivity contribution is 0.743. The summed E-state index contributed by atoms with van der Waals surface area (Å²) in [4.78, 5) is 17.5. The van der Waals surface area contributed by atoms with Crippen LogP contribution in [0.1, 0.15) is 183 Å². The molecule has 8 heteroatoms. The first kappa shape index (κ1) is 78.4. The summed E-state index contributed by atoms with van der Waals surface area (Å²) in [6.45, 7) is 23.4. The molecular formula is C110H107N6Si2. The SMILES string of the molecule is CC(C)c1cccc(C(C)C)c1-n1cc(CCc2cc(CCc3cn4c(n3)-c3cccc(c3)CC(C)c3cccc(C(C)C)c3-4)cc(CCc3cn(-c4c(C(C)C)cccc4C(C)c4ccccc4)c(-c4cccc([Si](c5ccccc5)c5ccccc5)c4)n3)c2)nc1-c1cccc([Si](c2ccccc2)(c2ccccc2)c2ccccc2)c1. The first-order valence-corrected chi connectivity index (χ1v) is 46.4. The zero-order valence-electron chi connectivity index (χ0n) is 70.0. The van der Waals surface area contributed by atoms with Crippen molar-refractivity contribution in [3.8, 4) is 51.2 Å². The number of para-hydroxylation sites is 3. The number of aryl methyl sites for hydroxylation is 6. The molecule has 17 rings (SSSR count). The van der Waals surface area contributed by atoms with E-state index >= 15 is 0 Å². The molecule has 0 aliphatic carbocycles. The van der Waals surface area contributed by atoms with Gasteiger partial charge in [-0.3, -0.25) is 13.7 Å². The molecule has 13 aromatic carbocycles. The normalized spacial score (nSPS) is 13.1. The van der Waals surface area contributed by atoms with Crippen molar-refractivity contribution in [1.29, 1.82) is 0 Å². The quantitative estimate of drug-likeness (QED) is 0.0401. The van der Waals surface area contributed by atoms with Gasteiger partial charge < -0.3 is 0 Å². The molecule has 1 aliphatic heterocycles. The average molecular weight is 1570 g/mol. The Kier molecular flexibility index (Phi) is 23.0. The van der Waals surface area contributed by atoms with Gasteiger partial charge in [-0.2, -0.15) is 0 Å². The Hall–Kier alpha value is -12.1. The van der Waals surface area contributed by atoms with E-state index in [-0.39, 0.29) is 23.7 Å². The van der Waals surface area contributed by atoms with Crippen LogP contribution in [0.4, 0.5) is 0 Å². The molecule has 118 heavy (non-hydrogen) atoms. The van der Waals surface area contributed by atoms with Crippen LogP contribution >= 0.6 is 0 Å². The molecule has 0 spiro atoms. The molecule has 0 amide bonds. The van der Waals surface area contributed by atoms with Gasteiger partial charge in [-0.25, -0.2) is 15.0 Å². The molecule has 16 aromatic rings. The Morgan fingerprint density at radius 1 is 0.314 bits per heavy atom. The van der Waals surface area contributed by atoms with Crippen molar-refractivity contribution in [1.82, 2.24) is 28.7 Å². The van der Waals surface area contributed by atoms with Gasteiger partial charge in [0.25, 0.3) is 0 Å². The topological polar surface area (TPSA) is 53.5 Å². The van der Waals surface area contributed by atoms with Crippen LogP contribution in [0, 0.1) is 0 Å². The van der Waals surface area contributed by atoms with Crippen LogP contribution in [0.15, 0.2) is 346 Å². The van der Waals surface area contributed by atoms with Crippen molar-refractivity contribution in [2.75, 3.05) is 0 Å². The van der Waals surface area contributed by atoms with E-state index in [2.05, 4.69) is 429 Å². The number of aromatic nitrogens is 6. The number of fused-ring (bicyclic) bond motifs is 6. The first-order chi connectivity index (χ1) is 57.6. The lowest BCUT2D eigenvalue weighted by Crippen LogP contribution is -2.74. The largest absolute Gasteiger partial charge is 0.299 e. The van der Waals surface area contributed by atoms with Crippen molar-refractivity contribution >= 4 is 53.2 Å². The van der Waals surface area contributed by atoms with Crippen LogP contribution in [-0.4, -0.2) is 45.5 Å².